The maximum absolute atomic E-state index is 10.8. The fourth-order valence-electron chi connectivity index (χ4n) is 0.929. The Morgan fingerprint density at radius 1 is 1.29 bits per heavy atom. The minimum absolute atomic E-state index is 0.478. The lowest BCUT2D eigenvalue weighted by Gasteiger charge is -2.05. The Hall–Kier alpha value is -1.71. The van der Waals surface area contributed by atoms with E-state index >= 15 is 0 Å². The van der Waals surface area contributed by atoms with Crippen molar-refractivity contribution in [3.8, 4) is 11.5 Å². The summed E-state index contributed by atoms with van der Waals surface area (Å²) in [5, 5.41) is 2.36. The molecular formula is C10H13NO3. The van der Waals surface area contributed by atoms with Crippen LogP contribution in [0.2, 0.25) is 0 Å². The summed E-state index contributed by atoms with van der Waals surface area (Å²) in [6.07, 6.45) is -0.478. The van der Waals surface area contributed by atoms with Gasteiger partial charge >= 0.3 is 6.09 Å². The SMILES string of the molecule is CCOc1ccc(OC(=O)NC)cc1. The van der Waals surface area contributed by atoms with Crippen molar-refractivity contribution in [1.82, 2.24) is 5.32 Å². The van der Waals surface area contributed by atoms with Gasteiger partial charge in [-0.15, -0.1) is 0 Å². The maximum atomic E-state index is 10.8. The van der Waals surface area contributed by atoms with Crippen LogP contribution in [0.15, 0.2) is 24.3 Å². The minimum Gasteiger partial charge on any atom is -0.494 e. The molecule has 14 heavy (non-hydrogen) atoms. The number of hydrogen-bond acceptors (Lipinski definition) is 3. The lowest BCUT2D eigenvalue weighted by Crippen LogP contribution is -2.21. The molecule has 1 aromatic carbocycles. The molecular weight excluding hydrogens is 182 g/mol. The van der Waals surface area contributed by atoms with Gasteiger partial charge in [0.15, 0.2) is 0 Å². The van der Waals surface area contributed by atoms with Crippen molar-refractivity contribution in [2.24, 2.45) is 0 Å². The van der Waals surface area contributed by atoms with Gasteiger partial charge in [-0.25, -0.2) is 4.79 Å². The average Bonchev–Trinajstić information content (AvgIpc) is 2.21. The van der Waals surface area contributed by atoms with Crippen molar-refractivity contribution in [2.45, 2.75) is 6.92 Å². The molecule has 1 rings (SSSR count). The summed E-state index contributed by atoms with van der Waals surface area (Å²) in [5.74, 6) is 1.25. The van der Waals surface area contributed by atoms with Gasteiger partial charge in [0.05, 0.1) is 6.61 Å². The second-order valence-electron chi connectivity index (χ2n) is 2.54. The molecule has 0 radical (unpaired) electrons. The van der Waals surface area contributed by atoms with Gasteiger partial charge in [0.1, 0.15) is 11.5 Å². The van der Waals surface area contributed by atoms with E-state index in [0.717, 1.165) is 5.75 Å². The Labute approximate surface area is 82.8 Å². The standard InChI is InChI=1S/C10H13NO3/c1-3-13-8-4-6-9(7-5-8)14-10(12)11-2/h4-7H,3H2,1-2H3,(H,11,12). The predicted octanol–water partition coefficient (Wildman–Crippen LogP) is 1.80. The van der Waals surface area contributed by atoms with E-state index in [1.165, 1.54) is 7.05 Å². The summed E-state index contributed by atoms with van der Waals surface area (Å²) in [6.45, 7) is 2.53. The van der Waals surface area contributed by atoms with Gasteiger partial charge in [-0.05, 0) is 31.2 Å². The Kier molecular flexibility index (Phi) is 3.79. The molecule has 1 amide bonds. The first-order valence-electron chi connectivity index (χ1n) is 4.38. The molecule has 0 bridgehead atoms. The Balaban J connectivity index is 2.59. The van der Waals surface area contributed by atoms with Gasteiger partial charge in [-0.3, -0.25) is 0 Å². The van der Waals surface area contributed by atoms with Gasteiger partial charge in [0.2, 0.25) is 0 Å². The van der Waals surface area contributed by atoms with Gasteiger partial charge in [-0.1, -0.05) is 0 Å². The lowest BCUT2D eigenvalue weighted by molar-refractivity contribution is 0.203. The van der Waals surface area contributed by atoms with Crippen molar-refractivity contribution in [3.63, 3.8) is 0 Å². The second kappa shape index (κ2) is 5.11. The zero-order valence-corrected chi connectivity index (χ0v) is 8.24. The summed E-state index contributed by atoms with van der Waals surface area (Å²) < 4.78 is 10.1. The number of carbonyl (C=O) groups excluding carboxylic acids is 1. The highest BCUT2D eigenvalue weighted by Gasteiger charge is 2.00. The van der Waals surface area contributed by atoms with Crippen molar-refractivity contribution in [3.05, 3.63) is 24.3 Å². The molecule has 0 unspecified atom stereocenters. The molecule has 0 aliphatic rings. The van der Waals surface area contributed by atoms with E-state index in [1.54, 1.807) is 24.3 Å². The van der Waals surface area contributed by atoms with Crippen LogP contribution in [0.4, 0.5) is 4.79 Å². The van der Waals surface area contributed by atoms with E-state index in [1.807, 2.05) is 6.92 Å². The molecule has 1 N–H and O–H groups in total. The van der Waals surface area contributed by atoms with Crippen LogP contribution in [0.3, 0.4) is 0 Å². The first-order chi connectivity index (χ1) is 6.76. The van der Waals surface area contributed by atoms with E-state index in [-0.39, 0.29) is 0 Å². The molecule has 0 spiro atoms. The molecule has 0 saturated heterocycles. The lowest BCUT2D eigenvalue weighted by atomic mass is 10.3. The molecule has 0 aliphatic heterocycles. The zero-order chi connectivity index (χ0) is 10.4. The summed E-state index contributed by atoms with van der Waals surface area (Å²) in [7, 11) is 1.51. The van der Waals surface area contributed by atoms with Crippen LogP contribution in [-0.2, 0) is 0 Å². The monoisotopic (exact) mass is 195 g/mol. The molecule has 0 saturated carbocycles. The van der Waals surface area contributed by atoms with Gasteiger partial charge in [0.25, 0.3) is 0 Å². The number of nitrogens with one attached hydrogen (secondary N) is 1. The third kappa shape index (κ3) is 2.97. The highest BCUT2D eigenvalue weighted by atomic mass is 16.6. The molecule has 0 fully saturated rings. The van der Waals surface area contributed by atoms with Crippen LogP contribution in [0.1, 0.15) is 6.92 Å². The molecule has 76 valence electrons. The van der Waals surface area contributed by atoms with Crippen LogP contribution in [-0.4, -0.2) is 19.7 Å². The Morgan fingerprint density at radius 3 is 2.36 bits per heavy atom. The normalized spacial score (nSPS) is 9.29. The van der Waals surface area contributed by atoms with Crippen molar-refractivity contribution < 1.29 is 14.3 Å². The third-order valence-corrected chi connectivity index (χ3v) is 1.55. The summed E-state index contributed by atoms with van der Waals surface area (Å²) in [6, 6.07) is 6.87. The summed E-state index contributed by atoms with van der Waals surface area (Å²) in [5.41, 5.74) is 0. The van der Waals surface area contributed by atoms with E-state index in [4.69, 9.17) is 9.47 Å². The topological polar surface area (TPSA) is 47.6 Å². The fourth-order valence-corrected chi connectivity index (χ4v) is 0.929. The van der Waals surface area contributed by atoms with Crippen LogP contribution < -0.4 is 14.8 Å². The predicted molar refractivity (Wildman–Crippen MR) is 52.7 cm³/mol. The number of hydrogen-bond donors (Lipinski definition) is 1. The van der Waals surface area contributed by atoms with Gasteiger partial charge in [-0.2, -0.15) is 0 Å². The highest BCUT2D eigenvalue weighted by molar-refractivity contribution is 5.69. The Bertz CT molecular complexity index is 295. The first kappa shape index (κ1) is 10.4. The summed E-state index contributed by atoms with van der Waals surface area (Å²) >= 11 is 0. The molecule has 0 atom stereocenters. The van der Waals surface area contributed by atoms with E-state index in [9.17, 15) is 4.79 Å². The van der Waals surface area contributed by atoms with E-state index in [0.29, 0.717) is 12.4 Å². The molecule has 4 nitrogen and oxygen atoms in total. The quantitative estimate of drug-likeness (QED) is 0.800. The van der Waals surface area contributed by atoms with Crippen LogP contribution in [0.25, 0.3) is 0 Å². The number of amides is 1. The number of ether oxygens (including phenoxy) is 2. The largest absolute Gasteiger partial charge is 0.494 e. The first-order valence-corrected chi connectivity index (χ1v) is 4.38. The molecule has 1 aromatic rings. The molecule has 0 aliphatic carbocycles. The fraction of sp³-hybridized carbons (Fsp3) is 0.300. The molecule has 4 heteroatoms. The van der Waals surface area contributed by atoms with Gasteiger partial charge < -0.3 is 14.8 Å². The van der Waals surface area contributed by atoms with Crippen LogP contribution >= 0.6 is 0 Å². The van der Waals surface area contributed by atoms with Crippen molar-refractivity contribution in [1.29, 1.82) is 0 Å². The van der Waals surface area contributed by atoms with E-state index in [2.05, 4.69) is 5.32 Å². The van der Waals surface area contributed by atoms with Crippen LogP contribution in [0, 0.1) is 0 Å². The third-order valence-electron chi connectivity index (χ3n) is 1.55. The highest BCUT2D eigenvalue weighted by Crippen LogP contribution is 2.17. The number of carbonyl (C=O) groups is 1. The molecule has 0 aromatic heterocycles. The number of rotatable bonds is 3. The van der Waals surface area contributed by atoms with E-state index < -0.39 is 6.09 Å². The number of benzene rings is 1. The average molecular weight is 195 g/mol. The van der Waals surface area contributed by atoms with Crippen LogP contribution in [0.5, 0.6) is 11.5 Å². The second-order valence-corrected chi connectivity index (χ2v) is 2.54. The summed E-state index contributed by atoms with van der Waals surface area (Å²) in [4.78, 5) is 10.8. The van der Waals surface area contributed by atoms with Crippen molar-refractivity contribution >= 4 is 6.09 Å². The minimum atomic E-state index is -0.478. The molecule has 0 heterocycles. The smallest absolute Gasteiger partial charge is 0.412 e. The zero-order valence-electron chi connectivity index (χ0n) is 8.24. The maximum Gasteiger partial charge on any atom is 0.412 e. The van der Waals surface area contributed by atoms with Gasteiger partial charge in [0, 0.05) is 7.05 Å². The Morgan fingerprint density at radius 2 is 1.86 bits per heavy atom. The van der Waals surface area contributed by atoms with Crippen molar-refractivity contribution in [2.75, 3.05) is 13.7 Å².